The van der Waals surface area contributed by atoms with Crippen molar-refractivity contribution in [3.8, 4) is 0 Å². The normalized spacial score (nSPS) is 19.3. The third-order valence-corrected chi connectivity index (χ3v) is 13.7. The first kappa shape index (κ1) is 62.9. The van der Waals surface area contributed by atoms with Gasteiger partial charge in [0.2, 0.25) is 0 Å². The molecule has 6 atom stereocenters. The Morgan fingerprint density at radius 2 is 0.833 bits per heavy atom. The van der Waals surface area contributed by atoms with Crippen molar-refractivity contribution in [2.75, 3.05) is 26.4 Å². The van der Waals surface area contributed by atoms with Crippen LogP contribution in [0.1, 0.15) is 284 Å². The average molecular weight is 939 g/mol. The molecule has 1 aliphatic rings. The molecule has 9 nitrogen and oxygen atoms in total. The number of esters is 1. The topological polar surface area (TPSA) is 135 Å². The highest BCUT2D eigenvalue weighted by atomic mass is 16.7. The first-order valence-electron chi connectivity index (χ1n) is 28.8. The molecule has 66 heavy (non-hydrogen) atoms. The van der Waals surface area contributed by atoms with Gasteiger partial charge in [0.1, 0.15) is 30.5 Å². The van der Waals surface area contributed by atoms with Gasteiger partial charge in [0.05, 0.1) is 19.8 Å². The maximum absolute atomic E-state index is 12.9. The number of aliphatic hydroxyl groups excluding tert-OH is 4. The zero-order valence-corrected chi connectivity index (χ0v) is 43.5. The van der Waals surface area contributed by atoms with Crippen LogP contribution in [-0.4, -0.2) is 89.6 Å². The highest BCUT2D eigenvalue weighted by Gasteiger charge is 2.44. The van der Waals surface area contributed by atoms with Crippen LogP contribution in [0.3, 0.4) is 0 Å². The van der Waals surface area contributed by atoms with E-state index in [1.807, 2.05) is 0 Å². The number of allylic oxidation sites excluding steroid dienone is 2. The van der Waals surface area contributed by atoms with E-state index >= 15 is 0 Å². The van der Waals surface area contributed by atoms with Crippen LogP contribution in [0.15, 0.2) is 12.2 Å². The number of hydrogen-bond acceptors (Lipinski definition) is 9. The quantitative estimate of drug-likeness (QED) is 0.0267. The van der Waals surface area contributed by atoms with E-state index in [0.717, 1.165) is 32.1 Å². The standard InChI is InChI=1S/C57H110O9/c1-3-5-7-9-11-13-15-17-19-21-23-25-27-29-31-33-35-37-39-41-43-45-47-63-49-51(50-64-57-56(62)55(61)54(60)52(48-58)66-57)65-53(59)46-44-42-40-38-36-34-32-30-28-26-24-22-20-18-16-14-12-10-8-6-4-2/h21,23,51-52,54-58,60-62H,3-20,22,24-50H2,1-2H3/b23-21-. The van der Waals surface area contributed by atoms with Crippen LogP contribution in [-0.2, 0) is 23.7 Å². The Kier molecular flexibility index (Phi) is 46.7. The van der Waals surface area contributed by atoms with Gasteiger partial charge in [-0.3, -0.25) is 4.79 Å². The second kappa shape index (κ2) is 48.9. The molecule has 0 aromatic carbocycles. The summed E-state index contributed by atoms with van der Waals surface area (Å²) in [4.78, 5) is 12.9. The minimum Gasteiger partial charge on any atom is -0.457 e. The molecule has 6 unspecified atom stereocenters. The van der Waals surface area contributed by atoms with Crippen LogP contribution in [0, 0.1) is 0 Å². The monoisotopic (exact) mass is 939 g/mol. The maximum atomic E-state index is 12.9. The number of hydrogen-bond donors (Lipinski definition) is 4. The number of aliphatic hydroxyl groups is 4. The van der Waals surface area contributed by atoms with E-state index in [4.69, 9.17) is 18.9 Å². The second-order valence-electron chi connectivity index (χ2n) is 20.1. The van der Waals surface area contributed by atoms with Crippen molar-refractivity contribution in [2.45, 2.75) is 320 Å². The fourth-order valence-electron chi connectivity index (χ4n) is 9.20. The van der Waals surface area contributed by atoms with Crippen molar-refractivity contribution < 1.29 is 44.2 Å². The summed E-state index contributed by atoms with van der Waals surface area (Å²) in [6, 6.07) is 0. The van der Waals surface area contributed by atoms with Crippen LogP contribution >= 0.6 is 0 Å². The molecular formula is C57H110O9. The van der Waals surface area contributed by atoms with Gasteiger partial charge in [0.25, 0.3) is 0 Å². The van der Waals surface area contributed by atoms with Crippen LogP contribution in [0.2, 0.25) is 0 Å². The summed E-state index contributed by atoms with van der Waals surface area (Å²) in [5.74, 6) is -0.306. The zero-order chi connectivity index (χ0) is 47.8. The molecule has 9 heteroatoms. The predicted octanol–water partition coefficient (Wildman–Crippen LogP) is 14.7. The molecule has 1 rings (SSSR count). The van der Waals surface area contributed by atoms with Gasteiger partial charge in [-0.05, 0) is 38.5 Å². The average Bonchev–Trinajstić information content (AvgIpc) is 3.32. The van der Waals surface area contributed by atoms with Gasteiger partial charge >= 0.3 is 5.97 Å². The van der Waals surface area contributed by atoms with E-state index in [2.05, 4.69) is 26.0 Å². The molecule has 0 aliphatic carbocycles. The van der Waals surface area contributed by atoms with Crippen molar-refractivity contribution in [2.24, 2.45) is 0 Å². The molecule has 0 spiro atoms. The van der Waals surface area contributed by atoms with Crippen molar-refractivity contribution in [3.63, 3.8) is 0 Å². The minimum absolute atomic E-state index is 0.107. The molecule has 1 aliphatic heterocycles. The highest BCUT2D eigenvalue weighted by Crippen LogP contribution is 2.23. The van der Waals surface area contributed by atoms with E-state index in [1.54, 1.807) is 0 Å². The molecule has 0 aromatic rings. The van der Waals surface area contributed by atoms with Crippen molar-refractivity contribution in [1.82, 2.24) is 0 Å². The minimum atomic E-state index is -1.53. The number of unbranched alkanes of at least 4 members (excludes halogenated alkanes) is 38. The van der Waals surface area contributed by atoms with Gasteiger partial charge in [0.15, 0.2) is 6.29 Å². The SMILES string of the molecule is CCCCCCCCCC/C=C\CCCCCCCCCCCCOCC(COC1OC(CO)C(O)C(O)C1O)OC(=O)CCCCCCCCCCCCCCCCCCCCCCC. The van der Waals surface area contributed by atoms with Crippen molar-refractivity contribution in [3.05, 3.63) is 12.2 Å². The number of rotatable bonds is 51. The van der Waals surface area contributed by atoms with E-state index in [-0.39, 0.29) is 19.2 Å². The third-order valence-electron chi connectivity index (χ3n) is 13.7. The summed E-state index contributed by atoms with van der Waals surface area (Å²) in [6.07, 6.45) is 51.2. The summed E-state index contributed by atoms with van der Waals surface area (Å²) < 4.78 is 23.0. The van der Waals surface area contributed by atoms with Gasteiger partial charge in [-0.15, -0.1) is 0 Å². The van der Waals surface area contributed by atoms with E-state index < -0.39 is 43.4 Å². The van der Waals surface area contributed by atoms with E-state index in [0.29, 0.717) is 13.0 Å². The molecule has 0 amide bonds. The Hall–Kier alpha value is -1.07. The third kappa shape index (κ3) is 38.7. The molecule has 1 heterocycles. The van der Waals surface area contributed by atoms with Gasteiger partial charge < -0.3 is 39.4 Å². The summed E-state index contributed by atoms with van der Waals surface area (Å²) >= 11 is 0. The Balaban J connectivity index is 2.14. The summed E-state index contributed by atoms with van der Waals surface area (Å²) in [5, 5.41) is 40.3. The van der Waals surface area contributed by atoms with Gasteiger partial charge in [-0.25, -0.2) is 0 Å². The van der Waals surface area contributed by atoms with Crippen LogP contribution in [0.4, 0.5) is 0 Å². The lowest BCUT2D eigenvalue weighted by Gasteiger charge is -2.39. The smallest absolute Gasteiger partial charge is 0.306 e. The Morgan fingerprint density at radius 1 is 0.470 bits per heavy atom. The van der Waals surface area contributed by atoms with E-state index in [9.17, 15) is 25.2 Å². The molecule has 0 aromatic heterocycles. The first-order valence-corrected chi connectivity index (χ1v) is 28.8. The van der Waals surface area contributed by atoms with Gasteiger partial charge in [0, 0.05) is 13.0 Å². The number of carbonyl (C=O) groups is 1. The predicted molar refractivity (Wildman–Crippen MR) is 275 cm³/mol. The molecule has 0 radical (unpaired) electrons. The molecule has 1 fully saturated rings. The Morgan fingerprint density at radius 3 is 1.23 bits per heavy atom. The second-order valence-corrected chi connectivity index (χ2v) is 20.1. The number of carbonyl (C=O) groups excluding carboxylic acids is 1. The Bertz CT molecular complexity index is 1020. The zero-order valence-electron chi connectivity index (χ0n) is 43.5. The molecule has 0 saturated carbocycles. The van der Waals surface area contributed by atoms with Crippen LogP contribution in [0.5, 0.6) is 0 Å². The molecule has 1 saturated heterocycles. The molecule has 392 valence electrons. The van der Waals surface area contributed by atoms with E-state index in [1.165, 1.54) is 231 Å². The largest absolute Gasteiger partial charge is 0.457 e. The number of ether oxygens (including phenoxy) is 4. The highest BCUT2D eigenvalue weighted by molar-refractivity contribution is 5.69. The van der Waals surface area contributed by atoms with Crippen LogP contribution in [0.25, 0.3) is 0 Å². The lowest BCUT2D eigenvalue weighted by atomic mass is 9.99. The van der Waals surface area contributed by atoms with Gasteiger partial charge in [-0.1, -0.05) is 251 Å². The molecule has 4 N–H and O–H groups in total. The lowest BCUT2D eigenvalue weighted by Crippen LogP contribution is -2.59. The molecule has 0 bridgehead atoms. The summed E-state index contributed by atoms with van der Waals surface area (Å²) in [6.45, 7) is 4.63. The maximum Gasteiger partial charge on any atom is 0.306 e. The lowest BCUT2D eigenvalue weighted by molar-refractivity contribution is -0.305. The van der Waals surface area contributed by atoms with Crippen molar-refractivity contribution >= 4 is 5.97 Å². The fourth-order valence-corrected chi connectivity index (χ4v) is 9.20. The Labute approximate surface area is 407 Å². The van der Waals surface area contributed by atoms with Crippen molar-refractivity contribution in [1.29, 1.82) is 0 Å². The first-order chi connectivity index (χ1) is 32.4. The summed E-state index contributed by atoms with van der Waals surface area (Å²) in [5.41, 5.74) is 0. The summed E-state index contributed by atoms with van der Waals surface area (Å²) in [7, 11) is 0. The van der Waals surface area contributed by atoms with Crippen LogP contribution < -0.4 is 0 Å². The fraction of sp³-hybridized carbons (Fsp3) is 0.947. The van der Waals surface area contributed by atoms with Gasteiger partial charge in [-0.2, -0.15) is 0 Å². The molecular weight excluding hydrogens is 829 g/mol.